The van der Waals surface area contributed by atoms with E-state index in [4.69, 9.17) is 42.6 Å². The molecular formula is C81H80I6N2O42S6-6. The maximum absolute atomic E-state index is 12.1. The van der Waals surface area contributed by atoms with Crippen molar-refractivity contribution in [1.29, 1.82) is 0 Å². The molecule has 2 N–H and O–H groups in total. The van der Waals surface area contributed by atoms with Crippen LogP contribution in [0, 0.1) is 33.3 Å². The van der Waals surface area contributed by atoms with Crippen molar-refractivity contribution < 1.29 is 192 Å². The fourth-order valence-electron chi connectivity index (χ4n) is 9.46. The molecule has 750 valence electrons. The lowest BCUT2D eigenvalue weighted by Crippen LogP contribution is -2.20. The quantitative estimate of drug-likeness (QED) is 0.00912. The summed E-state index contributed by atoms with van der Waals surface area (Å²) < 4.78 is 251. The third-order valence-corrected chi connectivity index (χ3v) is 24.3. The van der Waals surface area contributed by atoms with Gasteiger partial charge in [-0.05, 0) is 263 Å². The summed E-state index contributed by atoms with van der Waals surface area (Å²) in [6.45, 7) is 6.41. The van der Waals surface area contributed by atoms with Gasteiger partial charge in [0.1, 0.15) is 98.1 Å². The van der Waals surface area contributed by atoms with Gasteiger partial charge in [-0.3, -0.25) is 29.8 Å². The van der Waals surface area contributed by atoms with Crippen molar-refractivity contribution in [3.63, 3.8) is 0 Å². The Kier molecular flexibility index (Phi) is 54.1. The normalized spacial score (nSPS) is 11.7. The molecule has 0 aromatic heterocycles. The predicted molar refractivity (Wildman–Crippen MR) is 525 cm³/mol. The van der Waals surface area contributed by atoms with Crippen molar-refractivity contribution in [1.82, 2.24) is 0 Å². The van der Waals surface area contributed by atoms with E-state index in [0.29, 0.717) is 18.5 Å². The zero-order valence-corrected chi connectivity index (χ0v) is 89.4. The number of carbonyl (C=O) groups excluding carboxylic acids is 12. The van der Waals surface area contributed by atoms with Crippen molar-refractivity contribution in [3.8, 4) is 23.0 Å². The second-order valence-corrected chi connectivity index (χ2v) is 43.4. The molecule has 1 aliphatic carbocycles. The highest BCUT2D eigenvalue weighted by molar-refractivity contribution is 14.1. The van der Waals surface area contributed by atoms with Crippen LogP contribution >= 0.6 is 136 Å². The Balaban J connectivity index is 0.000000424. The van der Waals surface area contributed by atoms with Crippen LogP contribution in [-0.4, -0.2) is 230 Å². The zero-order chi connectivity index (χ0) is 103. The molecule has 1 fully saturated rings. The first-order valence-corrected chi connectivity index (χ1v) is 54.4. The minimum Gasteiger partial charge on any atom is -0.748 e. The number of carbonyl (C=O) groups is 12. The lowest BCUT2D eigenvalue weighted by molar-refractivity contribution is -0.139. The van der Waals surface area contributed by atoms with Crippen molar-refractivity contribution in [2.45, 2.75) is 66.4 Å². The predicted octanol–water partition coefficient (Wildman–Crippen LogP) is 10.3. The van der Waals surface area contributed by atoms with E-state index < -0.39 is 201 Å². The summed E-state index contributed by atoms with van der Waals surface area (Å²) in [5, 5.41) is 5.05. The van der Waals surface area contributed by atoms with E-state index in [1.807, 2.05) is 166 Å². The first kappa shape index (κ1) is 123. The Bertz CT molecular complexity index is 6190. The van der Waals surface area contributed by atoms with Gasteiger partial charge in [-0.15, -0.1) is 0 Å². The third kappa shape index (κ3) is 53.5. The van der Waals surface area contributed by atoms with Crippen LogP contribution in [0.5, 0.6) is 23.0 Å². The summed E-state index contributed by atoms with van der Waals surface area (Å²) >= 11 is 11.8. The molecule has 1 aliphatic rings. The van der Waals surface area contributed by atoms with Gasteiger partial charge in [0.15, 0.2) is 0 Å². The van der Waals surface area contributed by atoms with Crippen LogP contribution in [0.15, 0.2) is 152 Å². The second kappa shape index (κ2) is 60.5. The molecule has 2 amide bonds. The Morgan fingerprint density at radius 3 is 1.00 bits per heavy atom. The summed E-state index contributed by atoms with van der Waals surface area (Å²) in [4.78, 5) is 140. The Morgan fingerprint density at radius 2 is 0.701 bits per heavy atom. The number of hydrogen-bond donors (Lipinski definition) is 2. The summed E-state index contributed by atoms with van der Waals surface area (Å²) in [5.41, 5.74) is 1.99. The van der Waals surface area contributed by atoms with Gasteiger partial charge < -0.3 is 84.2 Å². The Labute approximate surface area is 867 Å². The molecule has 0 bridgehead atoms. The van der Waals surface area contributed by atoms with Gasteiger partial charge in [-0.2, -0.15) is 0 Å². The minimum atomic E-state index is -4.46. The van der Waals surface area contributed by atoms with Crippen LogP contribution in [0.25, 0.3) is 0 Å². The van der Waals surface area contributed by atoms with E-state index in [0.717, 1.165) is 45.5 Å². The van der Waals surface area contributed by atoms with Gasteiger partial charge in [0.2, 0.25) is 0 Å². The van der Waals surface area contributed by atoms with E-state index in [-0.39, 0.29) is 93.8 Å². The van der Waals surface area contributed by atoms with Crippen LogP contribution < -0.4 is 29.6 Å². The molecule has 7 aromatic carbocycles. The SMILES string of the molecule is C=CCOC(=O)Nc1ccc(C(=O)OCCS(=O)(=O)[O-])cc1I.CC(=O)Oc1cc(I)ccc1C(=O)OCCS(=O)(=O)[O-].CC(C)C(=O)Oc1cc(I)ccc1C(=O)OCCS(=O)(=O)[O-].CCC(=O)Oc1cc(I)ccc1C(=O)OCCS(=O)(=O)[O-].O=C(Nc1ccc(C(=O)OCCS(=O)(=O)[O-])cc1I)OCc1ccccc1.O=C(OCCS(=O)(=O)[O-])c1ccc(I)cc1OC(=O)C1CCCC1. The van der Waals surface area contributed by atoms with E-state index in [2.05, 4.69) is 31.4 Å². The summed E-state index contributed by atoms with van der Waals surface area (Å²) in [5.74, 6) is -12.2. The monoisotopic (exact) mass is 2710 g/mol. The number of nitrogens with one attached hydrogen (secondary N) is 2. The Morgan fingerprint density at radius 1 is 0.394 bits per heavy atom. The van der Waals surface area contributed by atoms with Crippen LogP contribution in [0.3, 0.4) is 0 Å². The van der Waals surface area contributed by atoms with Gasteiger partial charge in [-0.1, -0.05) is 76.6 Å². The van der Waals surface area contributed by atoms with Crippen molar-refractivity contribution >= 4 is 280 Å². The summed E-state index contributed by atoms with van der Waals surface area (Å²) in [6.07, 6.45) is 3.73. The molecule has 44 nitrogen and oxygen atoms in total. The zero-order valence-electron chi connectivity index (χ0n) is 71.5. The maximum Gasteiger partial charge on any atom is 0.411 e. The topological polar surface area (TPSA) is 683 Å². The summed E-state index contributed by atoms with van der Waals surface area (Å²) in [6, 6.07) is 35.9. The van der Waals surface area contributed by atoms with Gasteiger partial charge in [0.25, 0.3) is 0 Å². The van der Waals surface area contributed by atoms with E-state index in [1.54, 1.807) is 45.0 Å². The number of rotatable bonds is 37. The molecule has 1 saturated carbocycles. The highest BCUT2D eigenvalue weighted by Crippen LogP contribution is 2.32. The number of esters is 10. The molecular weight excluding hydrogens is 2630 g/mol. The largest absolute Gasteiger partial charge is 0.748 e. The average Bonchev–Trinajstić information content (AvgIpc) is 1.45. The molecule has 8 rings (SSSR count). The molecule has 0 radical (unpaired) electrons. The van der Waals surface area contributed by atoms with Crippen LogP contribution in [-0.2, 0) is 124 Å². The van der Waals surface area contributed by atoms with Crippen LogP contribution in [0.4, 0.5) is 21.0 Å². The first-order chi connectivity index (χ1) is 63.7. The van der Waals surface area contributed by atoms with E-state index >= 15 is 0 Å². The van der Waals surface area contributed by atoms with Gasteiger partial charge >= 0.3 is 71.9 Å². The molecule has 0 unspecified atom stereocenters. The van der Waals surface area contributed by atoms with Gasteiger partial charge in [-0.25, -0.2) is 88.9 Å². The molecule has 0 spiro atoms. The number of halogens is 6. The molecule has 0 atom stereocenters. The van der Waals surface area contributed by atoms with Crippen LogP contribution in [0.2, 0.25) is 0 Å². The molecule has 56 heteroatoms. The standard InChI is InChI=1S/C17H16INO7S.C15H17IO7S.C13H14INO7S.C13H15IO7S.C12H13IO7S.C11H11IO7S/c18-14-10-13(16(20)25-8-9-27(22,23)24)6-7-15(14)19-17(21)26-11-12-4-2-1-3-5-12;16-11-5-6-12(15(18)22-7-8-24(19,20)21)13(9-11)23-14(17)10-3-1-2-4-10;1-2-5-22-13(17)15-11-4-3-9(8-10(11)14)12(16)21-6-7-23(18,19)20;1-8(2)12(15)21-11-7-9(14)3-4-10(11)13(16)20-5-6-22(17,18)19;1-2-11(14)20-10-7-8(13)3-4-9(10)12(15)19-5-6-21(16,17)18;1-7(13)19-10-6-8(12)2-3-9(10)11(14)18-4-5-20(15,16)17/h1-7,10H,8-9,11H2,(H,19,21)(H,22,23,24);5-6,9-10H,1-4,7-8H2,(H,19,20,21);2-4,8H,1,5-7H2,(H,15,17)(H,18,19,20);3-4,7-8H,5-6H2,1-2H3,(H,17,18,19);3-4,7H,2,5-6H2,1H3,(H,16,17,18);2-3,6H,4-5H2,1H3,(H,15,16,17)/p-6. The van der Waals surface area contributed by atoms with Crippen molar-refractivity contribution in [2.24, 2.45) is 11.8 Å². The summed E-state index contributed by atoms with van der Waals surface area (Å²) in [7, 11) is -26.7. The van der Waals surface area contributed by atoms with Crippen molar-refractivity contribution in [2.75, 3.05) is 91.4 Å². The lowest BCUT2D eigenvalue weighted by Gasteiger charge is -2.13. The van der Waals surface area contributed by atoms with Crippen LogP contribution in [0.1, 0.15) is 128 Å². The molecule has 137 heavy (non-hydrogen) atoms. The smallest absolute Gasteiger partial charge is 0.411 e. The number of hydrogen-bond acceptors (Lipinski definition) is 42. The average molecular weight is 2710 g/mol. The molecule has 0 aliphatic heterocycles. The highest BCUT2D eigenvalue weighted by Gasteiger charge is 2.28. The van der Waals surface area contributed by atoms with Crippen molar-refractivity contribution in [3.05, 3.63) is 213 Å². The maximum atomic E-state index is 12.1. The molecule has 0 saturated heterocycles. The number of amides is 2. The number of anilines is 2. The lowest BCUT2D eigenvalue weighted by atomic mass is 10.1. The van der Waals surface area contributed by atoms with E-state index in [1.165, 1.54) is 97.9 Å². The van der Waals surface area contributed by atoms with Gasteiger partial charge in [0, 0.05) is 34.8 Å². The van der Waals surface area contributed by atoms with E-state index in [9.17, 15) is 135 Å². The molecule has 7 aromatic rings. The fraction of sp³-hybridized carbons (Fsp3) is 0.309. The third-order valence-electron chi connectivity index (χ3n) is 15.8. The van der Waals surface area contributed by atoms with Gasteiger partial charge in [0.05, 0.1) is 130 Å². The highest BCUT2D eigenvalue weighted by atomic mass is 127. The number of benzene rings is 7. The number of ether oxygens (including phenoxy) is 12. The first-order valence-electron chi connectivity index (χ1n) is 38.5. The Hall–Kier alpha value is -8.64. The minimum absolute atomic E-state index is 0.0133. The molecule has 0 heterocycles. The second-order valence-electron chi connectivity index (χ2n) is 26.9. The fourth-order valence-corrected chi connectivity index (χ4v) is 14.3.